The van der Waals surface area contributed by atoms with Crippen LogP contribution in [0.3, 0.4) is 0 Å². The summed E-state index contributed by atoms with van der Waals surface area (Å²) in [6, 6.07) is 17.0. The summed E-state index contributed by atoms with van der Waals surface area (Å²) in [4.78, 5) is 24.4. The number of esters is 1. The minimum atomic E-state index is -0.307. The first-order valence-electron chi connectivity index (χ1n) is 8.31. The van der Waals surface area contributed by atoms with Gasteiger partial charge >= 0.3 is 5.97 Å². The summed E-state index contributed by atoms with van der Waals surface area (Å²) >= 11 is 0. The summed E-state index contributed by atoms with van der Waals surface area (Å²) in [5.74, 6) is 0.605. The van der Waals surface area contributed by atoms with Crippen molar-refractivity contribution < 1.29 is 14.3 Å². The number of methoxy groups -OCH3 is 1. The number of carbonyl (C=O) groups is 1. The third kappa shape index (κ3) is 3.48. The molecule has 7 nitrogen and oxygen atoms in total. The first-order chi connectivity index (χ1) is 13.2. The van der Waals surface area contributed by atoms with Gasteiger partial charge in [0.25, 0.3) is 5.88 Å². The molecule has 4 aromatic rings. The van der Waals surface area contributed by atoms with Crippen molar-refractivity contribution in [1.29, 1.82) is 0 Å². The quantitative estimate of drug-likeness (QED) is 0.508. The van der Waals surface area contributed by atoms with E-state index in [0.29, 0.717) is 22.8 Å². The van der Waals surface area contributed by atoms with Gasteiger partial charge in [0.1, 0.15) is 18.4 Å². The number of ether oxygens (including phenoxy) is 2. The summed E-state index contributed by atoms with van der Waals surface area (Å²) < 4.78 is 12.5. The number of benzene rings is 2. The van der Waals surface area contributed by atoms with Crippen molar-refractivity contribution in [3.05, 3.63) is 72.8 Å². The van der Waals surface area contributed by atoms with Gasteiger partial charge in [0.05, 0.1) is 13.5 Å². The van der Waals surface area contributed by atoms with Gasteiger partial charge in [-0.05, 0) is 29.8 Å². The molecule has 0 atom stereocenters. The van der Waals surface area contributed by atoms with Gasteiger partial charge in [0.2, 0.25) is 0 Å². The summed E-state index contributed by atoms with van der Waals surface area (Å²) in [5.41, 5.74) is 2.95. The molecule has 0 unspecified atom stereocenters. The van der Waals surface area contributed by atoms with Crippen LogP contribution in [0.15, 0.2) is 67.3 Å². The van der Waals surface area contributed by atoms with Crippen LogP contribution in [0.4, 0.5) is 0 Å². The normalized spacial score (nSPS) is 10.7. The standard InChI is InChI=1S/C20H16N4O3/c1-26-17(25)11-14-6-5-9-16(10-14)27-20-18-19(21-12-22-20)24(13-23-18)15-7-3-2-4-8-15/h2-10,12-13H,11H2,1H3. The van der Waals surface area contributed by atoms with Crippen molar-refractivity contribution in [2.45, 2.75) is 6.42 Å². The Morgan fingerprint density at radius 1 is 1.04 bits per heavy atom. The molecule has 0 aliphatic carbocycles. The minimum Gasteiger partial charge on any atom is -0.469 e. The summed E-state index contributed by atoms with van der Waals surface area (Å²) in [5, 5.41) is 0. The highest BCUT2D eigenvalue weighted by atomic mass is 16.5. The third-order valence-electron chi connectivity index (χ3n) is 4.02. The molecule has 0 aliphatic heterocycles. The fourth-order valence-electron chi connectivity index (χ4n) is 2.73. The zero-order valence-electron chi connectivity index (χ0n) is 14.6. The molecule has 0 bridgehead atoms. The van der Waals surface area contributed by atoms with E-state index >= 15 is 0 Å². The molecule has 134 valence electrons. The third-order valence-corrected chi connectivity index (χ3v) is 4.02. The number of para-hydroxylation sites is 1. The van der Waals surface area contributed by atoms with Crippen molar-refractivity contribution in [2.24, 2.45) is 0 Å². The number of hydrogen-bond donors (Lipinski definition) is 0. The Labute approximate surface area is 155 Å². The molecule has 0 N–H and O–H groups in total. The lowest BCUT2D eigenvalue weighted by atomic mass is 10.1. The van der Waals surface area contributed by atoms with E-state index in [1.165, 1.54) is 13.4 Å². The number of imidazole rings is 1. The summed E-state index contributed by atoms with van der Waals surface area (Å²) in [7, 11) is 1.36. The fourth-order valence-corrected chi connectivity index (χ4v) is 2.73. The molecule has 2 heterocycles. The number of carbonyl (C=O) groups excluding carboxylic acids is 1. The van der Waals surface area contributed by atoms with Crippen LogP contribution in [0, 0.1) is 0 Å². The van der Waals surface area contributed by atoms with E-state index in [1.54, 1.807) is 18.5 Å². The van der Waals surface area contributed by atoms with Crippen molar-refractivity contribution in [3.8, 4) is 17.3 Å². The van der Waals surface area contributed by atoms with Crippen LogP contribution < -0.4 is 4.74 Å². The Morgan fingerprint density at radius 3 is 2.70 bits per heavy atom. The van der Waals surface area contributed by atoms with Crippen LogP contribution in [0.25, 0.3) is 16.9 Å². The van der Waals surface area contributed by atoms with Crippen molar-refractivity contribution in [1.82, 2.24) is 19.5 Å². The van der Waals surface area contributed by atoms with E-state index in [1.807, 2.05) is 47.0 Å². The smallest absolute Gasteiger partial charge is 0.309 e. The highest BCUT2D eigenvalue weighted by Gasteiger charge is 2.13. The molecular weight excluding hydrogens is 344 g/mol. The van der Waals surface area contributed by atoms with Crippen LogP contribution in [0.1, 0.15) is 5.56 Å². The molecule has 2 aromatic carbocycles. The van der Waals surface area contributed by atoms with E-state index in [9.17, 15) is 4.79 Å². The lowest BCUT2D eigenvalue weighted by Gasteiger charge is -2.07. The zero-order valence-corrected chi connectivity index (χ0v) is 14.6. The van der Waals surface area contributed by atoms with Crippen molar-refractivity contribution in [3.63, 3.8) is 0 Å². The van der Waals surface area contributed by atoms with Crippen LogP contribution in [-0.4, -0.2) is 32.6 Å². The summed E-state index contributed by atoms with van der Waals surface area (Å²) in [6.07, 6.45) is 3.31. The van der Waals surface area contributed by atoms with E-state index in [4.69, 9.17) is 9.47 Å². The molecule has 0 radical (unpaired) electrons. The maximum atomic E-state index is 11.5. The molecule has 0 aliphatic rings. The minimum absolute atomic E-state index is 0.176. The van der Waals surface area contributed by atoms with E-state index < -0.39 is 0 Å². The average Bonchev–Trinajstić information content (AvgIpc) is 3.14. The topological polar surface area (TPSA) is 79.1 Å². The second-order valence-electron chi connectivity index (χ2n) is 5.80. The molecule has 0 saturated heterocycles. The van der Waals surface area contributed by atoms with Gasteiger partial charge in [0.15, 0.2) is 11.2 Å². The SMILES string of the molecule is COC(=O)Cc1cccc(Oc2ncnc3c2ncn3-c2ccccc2)c1. The second kappa shape index (κ2) is 7.25. The largest absolute Gasteiger partial charge is 0.469 e. The van der Waals surface area contributed by atoms with Crippen molar-refractivity contribution in [2.75, 3.05) is 7.11 Å². The van der Waals surface area contributed by atoms with Gasteiger partial charge in [0, 0.05) is 5.69 Å². The van der Waals surface area contributed by atoms with Crippen LogP contribution in [-0.2, 0) is 16.0 Å². The van der Waals surface area contributed by atoms with Gasteiger partial charge in [-0.3, -0.25) is 9.36 Å². The monoisotopic (exact) mass is 360 g/mol. The molecule has 7 heteroatoms. The Morgan fingerprint density at radius 2 is 1.89 bits per heavy atom. The van der Waals surface area contributed by atoms with Crippen LogP contribution in [0.2, 0.25) is 0 Å². The molecule has 0 fully saturated rings. The maximum absolute atomic E-state index is 11.5. The van der Waals surface area contributed by atoms with Gasteiger partial charge in [-0.2, -0.15) is 4.98 Å². The highest BCUT2D eigenvalue weighted by molar-refractivity contribution is 5.78. The maximum Gasteiger partial charge on any atom is 0.309 e. The lowest BCUT2D eigenvalue weighted by molar-refractivity contribution is -0.139. The second-order valence-corrected chi connectivity index (χ2v) is 5.80. The molecular formula is C20H16N4O3. The predicted molar refractivity (Wildman–Crippen MR) is 98.9 cm³/mol. The summed E-state index contributed by atoms with van der Waals surface area (Å²) in [6.45, 7) is 0. The number of rotatable bonds is 5. The van der Waals surface area contributed by atoms with Gasteiger partial charge < -0.3 is 9.47 Å². The average molecular weight is 360 g/mol. The number of nitrogens with zero attached hydrogens (tertiary/aromatic N) is 4. The van der Waals surface area contributed by atoms with Crippen LogP contribution in [0.5, 0.6) is 11.6 Å². The number of fused-ring (bicyclic) bond motifs is 1. The Kier molecular flexibility index (Phi) is 4.49. The van der Waals surface area contributed by atoms with Gasteiger partial charge in [-0.1, -0.05) is 30.3 Å². The van der Waals surface area contributed by atoms with Gasteiger partial charge in [-0.25, -0.2) is 9.97 Å². The molecule has 27 heavy (non-hydrogen) atoms. The van der Waals surface area contributed by atoms with E-state index in [2.05, 4.69) is 15.0 Å². The number of hydrogen-bond acceptors (Lipinski definition) is 6. The molecule has 4 rings (SSSR count). The molecule has 0 amide bonds. The Bertz CT molecular complexity index is 1090. The Balaban J connectivity index is 1.66. The predicted octanol–water partition coefficient (Wildman–Crippen LogP) is 3.32. The van der Waals surface area contributed by atoms with E-state index in [0.717, 1.165) is 11.3 Å². The Hall–Kier alpha value is -3.74. The number of aromatic nitrogens is 4. The van der Waals surface area contributed by atoms with Crippen molar-refractivity contribution >= 4 is 17.1 Å². The van der Waals surface area contributed by atoms with E-state index in [-0.39, 0.29) is 12.4 Å². The zero-order chi connectivity index (χ0) is 18.6. The molecule has 0 saturated carbocycles. The van der Waals surface area contributed by atoms with Gasteiger partial charge in [-0.15, -0.1) is 0 Å². The first-order valence-corrected chi connectivity index (χ1v) is 8.31. The molecule has 0 spiro atoms. The fraction of sp³-hybridized carbons (Fsp3) is 0.100. The van der Waals surface area contributed by atoms with Crippen LogP contribution >= 0.6 is 0 Å². The molecule has 2 aromatic heterocycles. The first kappa shape index (κ1) is 16.7. The highest BCUT2D eigenvalue weighted by Crippen LogP contribution is 2.27. The lowest BCUT2D eigenvalue weighted by Crippen LogP contribution is -2.04.